The molecule has 0 spiro atoms. The Balaban J connectivity index is 2.44. The number of hydrogen-bond donors (Lipinski definition) is 1. The Labute approximate surface area is 134 Å². The predicted molar refractivity (Wildman–Crippen MR) is 90.3 cm³/mol. The molecule has 2 N–H and O–H groups in total. The zero-order chi connectivity index (χ0) is 15.6. The third-order valence-electron chi connectivity index (χ3n) is 3.19. The van der Waals surface area contributed by atoms with Gasteiger partial charge in [0.15, 0.2) is 0 Å². The molecular formula is C17H20BrNO2. The lowest BCUT2D eigenvalue weighted by molar-refractivity contribution is 0.407. The van der Waals surface area contributed by atoms with Gasteiger partial charge in [0, 0.05) is 10.0 Å². The molecule has 0 saturated heterocycles. The lowest BCUT2D eigenvalue weighted by Gasteiger charge is -2.23. The Hall–Kier alpha value is -1.68. The second-order valence-electron chi connectivity index (χ2n) is 5.90. The molecule has 0 radical (unpaired) electrons. The number of benzene rings is 2. The maximum absolute atomic E-state index is 6.02. The Morgan fingerprint density at radius 2 is 1.67 bits per heavy atom. The Morgan fingerprint density at radius 3 is 2.24 bits per heavy atom. The second-order valence-corrected chi connectivity index (χ2v) is 6.81. The van der Waals surface area contributed by atoms with Crippen LogP contribution >= 0.6 is 15.9 Å². The van der Waals surface area contributed by atoms with E-state index in [0.717, 1.165) is 21.5 Å². The van der Waals surface area contributed by atoms with Crippen LogP contribution in [0.1, 0.15) is 26.3 Å². The first-order valence-electron chi connectivity index (χ1n) is 6.72. The molecule has 2 rings (SSSR count). The second kappa shape index (κ2) is 5.98. The van der Waals surface area contributed by atoms with Gasteiger partial charge in [-0.1, -0.05) is 36.7 Å². The Bertz CT molecular complexity index is 648. The summed E-state index contributed by atoms with van der Waals surface area (Å²) in [6.07, 6.45) is 0. The monoisotopic (exact) mass is 349 g/mol. The molecule has 0 amide bonds. The van der Waals surface area contributed by atoms with E-state index in [1.807, 2.05) is 36.4 Å². The summed E-state index contributed by atoms with van der Waals surface area (Å²) in [6, 6.07) is 11.4. The molecule has 0 aliphatic carbocycles. The lowest BCUT2D eigenvalue weighted by Crippen LogP contribution is -2.13. The quantitative estimate of drug-likeness (QED) is 0.781. The smallest absolute Gasteiger partial charge is 0.150 e. The summed E-state index contributed by atoms with van der Waals surface area (Å²) in [5, 5.41) is 0. The fourth-order valence-electron chi connectivity index (χ4n) is 2.04. The van der Waals surface area contributed by atoms with Gasteiger partial charge in [0.1, 0.15) is 17.2 Å². The highest BCUT2D eigenvalue weighted by atomic mass is 79.9. The van der Waals surface area contributed by atoms with Crippen LogP contribution in [0.15, 0.2) is 40.9 Å². The van der Waals surface area contributed by atoms with E-state index in [4.69, 9.17) is 15.2 Å². The minimum absolute atomic E-state index is 0.0615. The average Bonchev–Trinajstić information content (AvgIpc) is 2.41. The molecule has 4 heteroatoms. The molecule has 0 saturated carbocycles. The van der Waals surface area contributed by atoms with Crippen LogP contribution in [0.3, 0.4) is 0 Å². The highest BCUT2D eigenvalue weighted by molar-refractivity contribution is 9.10. The molecule has 2 aromatic carbocycles. The van der Waals surface area contributed by atoms with Crippen molar-refractivity contribution in [3.05, 3.63) is 46.4 Å². The number of nitrogens with two attached hydrogens (primary N) is 1. The molecule has 0 heterocycles. The van der Waals surface area contributed by atoms with Gasteiger partial charge in [-0.2, -0.15) is 0 Å². The molecular weight excluding hydrogens is 330 g/mol. The van der Waals surface area contributed by atoms with Crippen LogP contribution in [0.5, 0.6) is 17.2 Å². The van der Waals surface area contributed by atoms with E-state index in [9.17, 15) is 0 Å². The molecule has 0 aromatic heterocycles. The Kier molecular flexibility index (Phi) is 4.47. The molecule has 112 valence electrons. The fraction of sp³-hybridized carbons (Fsp3) is 0.294. The van der Waals surface area contributed by atoms with Crippen molar-refractivity contribution >= 4 is 21.6 Å². The van der Waals surface area contributed by atoms with E-state index in [-0.39, 0.29) is 5.41 Å². The van der Waals surface area contributed by atoms with Crippen molar-refractivity contribution in [1.82, 2.24) is 0 Å². The maximum atomic E-state index is 6.02. The fourth-order valence-corrected chi connectivity index (χ4v) is 2.42. The number of anilines is 1. The largest absolute Gasteiger partial charge is 0.497 e. The van der Waals surface area contributed by atoms with E-state index in [0.29, 0.717) is 11.4 Å². The molecule has 0 aliphatic heterocycles. The topological polar surface area (TPSA) is 44.5 Å². The van der Waals surface area contributed by atoms with Crippen LogP contribution in [-0.4, -0.2) is 7.11 Å². The van der Waals surface area contributed by atoms with Crippen LogP contribution < -0.4 is 15.2 Å². The maximum Gasteiger partial charge on any atom is 0.150 e. The SMILES string of the molecule is COc1ccc(Oc2ccc(Br)cc2N)c(C(C)(C)C)c1. The van der Waals surface area contributed by atoms with Crippen molar-refractivity contribution in [2.45, 2.75) is 26.2 Å². The molecule has 2 aromatic rings. The van der Waals surface area contributed by atoms with Gasteiger partial charge in [0.2, 0.25) is 0 Å². The molecule has 0 atom stereocenters. The summed E-state index contributed by atoms with van der Waals surface area (Å²) >= 11 is 3.39. The van der Waals surface area contributed by atoms with Crippen molar-refractivity contribution in [3.8, 4) is 17.2 Å². The van der Waals surface area contributed by atoms with Gasteiger partial charge in [0.05, 0.1) is 12.8 Å². The minimum Gasteiger partial charge on any atom is -0.497 e. The normalized spacial score (nSPS) is 11.3. The summed E-state index contributed by atoms with van der Waals surface area (Å²) in [7, 11) is 1.66. The van der Waals surface area contributed by atoms with Crippen LogP contribution in [0.25, 0.3) is 0 Å². The molecule has 0 fully saturated rings. The first-order valence-corrected chi connectivity index (χ1v) is 7.52. The predicted octanol–water partition coefficient (Wildman–Crippen LogP) is 5.13. The number of ether oxygens (including phenoxy) is 2. The summed E-state index contributed by atoms with van der Waals surface area (Å²) in [6.45, 7) is 6.42. The summed E-state index contributed by atoms with van der Waals surface area (Å²) < 4.78 is 12.3. The van der Waals surface area contributed by atoms with Gasteiger partial charge in [-0.3, -0.25) is 0 Å². The number of rotatable bonds is 3. The number of nitrogen functional groups attached to an aromatic ring is 1. The van der Waals surface area contributed by atoms with Crippen molar-refractivity contribution in [3.63, 3.8) is 0 Å². The van der Waals surface area contributed by atoms with Gasteiger partial charge in [-0.05, 0) is 41.8 Å². The number of hydrogen-bond acceptors (Lipinski definition) is 3. The van der Waals surface area contributed by atoms with E-state index in [1.54, 1.807) is 7.11 Å². The average molecular weight is 350 g/mol. The van der Waals surface area contributed by atoms with Crippen LogP contribution in [0.2, 0.25) is 0 Å². The molecule has 0 unspecified atom stereocenters. The van der Waals surface area contributed by atoms with Gasteiger partial charge >= 0.3 is 0 Å². The number of methoxy groups -OCH3 is 1. The van der Waals surface area contributed by atoms with Gasteiger partial charge in [-0.15, -0.1) is 0 Å². The van der Waals surface area contributed by atoms with Crippen molar-refractivity contribution in [2.24, 2.45) is 0 Å². The van der Waals surface area contributed by atoms with Crippen molar-refractivity contribution in [1.29, 1.82) is 0 Å². The van der Waals surface area contributed by atoms with Crippen LogP contribution in [-0.2, 0) is 5.41 Å². The summed E-state index contributed by atoms with van der Waals surface area (Å²) in [4.78, 5) is 0. The van der Waals surface area contributed by atoms with Gasteiger partial charge in [-0.25, -0.2) is 0 Å². The lowest BCUT2D eigenvalue weighted by atomic mass is 9.86. The van der Waals surface area contributed by atoms with E-state index in [2.05, 4.69) is 36.7 Å². The molecule has 0 bridgehead atoms. The first kappa shape index (κ1) is 15.7. The summed E-state index contributed by atoms with van der Waals surface area (Å²) in [5.74, 6) is 2.25. The zero-order valence-electron chi connectivity index (χ0n) is 12.7. The third kappa shape index (κ3) is 3.70. The van der Waals surface area contributed by atoms with E-state index >= 15 is 0 Å². The minimum atomic E-state index is -0.0615. The van der Waals surface area contributed by atoms with Gasteiger partial charge in [0.25, 0.3) is 0 Å². The van der Waals surface area contributed by atoms with Crippen molar-refractivity contribution < 1.29 is 9.47 Å². The highest BCUT2D eigenvalue weighted by Crippen LogP contribution is 2.38. The first-order chi connectivity index (χ1) is 9.81. The Morgan fingerprint density at radius 1 is 1.00 bits per heavy atom. The third-order valence-corrected chi connectivity index (χ3v) is 3.68. The molecule has 21 heavy (non-hydrogen) atoms. The van der Waals surface area contributed by atoms with Gasteiger partial charge < -0.3 is 15.2 Å². The van der Waals surface area contributed by atoms with Crippen LogP contribution in [0.4, 0.5) is 5.69 Å². The standard InChI is InChI=1S/C17H20BrNO2/c1-17(2,3)13-10-12(20-4)6-8-15(13)21-16-7-5-11(18)9-14(16)19/h5-10H,19H2,1-4H3. The van der Waals surface area contributed by atoms with Crippen molar-refractivity contribution in [2.75, 3.05) is 12.8 Å². The van der Waals surface area contributed by atoms with E-state index in [1.165, 1.54) is 0 Å². The highest BCUT2D eigenvalue weighted by Gasteiger charge is 2.20. The molecule has 0 aliphatic rings. The zero-order valence-corrected chi connectivity index (χ0v) is 14.3. The van der Waals surface area contributed by atoms with E-state index < -0.39 is 0 Å². The summed E-state index contributed by atoms with van der Waals surface area (Å²) in [5.41, 5.74) is 7.61. The van der Waals surface area contributed by atoms with Crippen LogP contribution in [0, 0.1) is 0 Å². The molecule has 3 nitrogen and oxygen atoms in total. The number of halogens is 1.